The third kappa shape index (κ3) is 26.8. The summed E-state index contributed by atoms with van der Waals surface area (Å²) in [6.07, 6.45) is 11.9. The van der Waals surface area contributed by atoms with Crippen molar-refractivity contribution in [2.45, 2.75) is 71.1 Å². The molecule has 0 saturated heterocycles. The molecule has 0 atom stereocenters. The summed E-state index contributed by atoms with van der Waals surface area (Å²) in [6, 6.07) is 0. The van der Waals surface area contributed by atoms with Crippen molar-refractivity contribution in [2.75, 3.05) is 6.61 Å². The first-order valence-corrected chi connectivity index (χ1v) is 8.04. The van der Waals surface area contributed by atoms with Gasteiger partial charge in [-0.05, 0) is 6.42 Å². The lowest BCUT2D eigenvalue weighted by Crippen LogP contribution is -2.04. The minimum absolute atomic E-state index is 0. The third-order valence-corrected chi connectivity index (χ3v) is 3.19. The molecule has 0 bridgehead atoms. The predicted octanol–water partition coefficient (Wildman–Crippen LogP) is 2.68. The van der Waals surface area contributed by atoms with E-state index in [4.69, 9.17) is 4.55 Å². The van der Waals surface area contributed by atoms with E-state index in [2.05, 4.69) is 11.1 Å². The van der Waals surface area contributed by atoms with Crippen LogP contribution in [0.1, 0.15) is 71.1 Å². The van der Waals surface area contributed by atoms with Gasteiger partial charge in [0.2, 0.25) is 0 Å². The summed E-state index contributed by atoms with van der Waals surface area (Å²) >= 11 is 0. The minimum atomic E-state index is -4.23. The average molecular weight is 328 g/mol. The molecule has 0 aromatic carbocycles. The molecule has 0 amide bonds. The van der Waals surface area contributed by atoms with Crippen LogP contribution < -0.4 is 6.15 Å². The van der Waals surface area contributed by atoms with Crippen molar-refractivity contribution in [1.29, 1.82) is 0 Å². The largest absolute Gasteiger partial charge is 0.412 e. The minimum Gasteiger partial charge on any atom is -0.412 e. The lowest BCUT2D eigenvalue weighted by atomic mass is 10.1. The van der Waals surface area contributed by atoms with Crippen LogP contribution in [0.25, 0.3) is 0 Å². The number of unbranched alkanes of at least 4 members (excludes halogenated alkanes) is 9. The fraction of sp³-hybridized carbons (Fsp3) is 1.00. The fourth-order valence-corrected chi connectivity index (χ4v) is 2.08. The summed E-state index contributed by atoms with van der Waals surface area (Å²) in [5.74, 6) is 0. The van der Waals surface area contributed by atoms with Gasteiger partial charge in [-0.3, -0.25) is 4.55 Å². The van der Waals surface area contributed by atoms with Gasteiger partial charge in [0, 0.05) is 17.4 Å². The van der Waals surface area contributed by atoms with Gasteiger partial charge in [0.05, 0.1) is 6.61 Å². The molecule has 123 valence electrons. The lowest BCUT2D eigenvalue weighted by Gasteiger charge is -2.02. The van der Waals surface area contributed by atoms with Crippen LogP contribution in [0.2, 0.25) is 0 Å². The van der Waals surface area contributed by atoms with Crippen LogP contribution in [0.4, 0.5) is 0 Å². The highest BCUT2D eigenvalue weighted by molar-refractivity contribution is 7.80. The number of hydrogen-bond donors (Lipinski definition) is 2. The maximum Gasteiger partial charge on any atom is 0.397 e. The second kappa shape index (κ2) is 19.3. The topological polar surface area (TPSA) is 130 Å². The molecule has 0 saturated carbocycles. The molecule has 3 radical (unpaired) electrons. The maximum absolute atomic E-state index is 10.2. The molecule has 20 heavy (non-hydrogen) atoms. The van der Waals surface area contributed by atoms with E-state index in [1.165, 1.54) is 44.9 Å². The standard InChI is InChI=1S/C12H26O4S.Al.H3N.H2O/c1-2-3-4-5-6-7-8-9-10-11-12-16-17(13,14)15;;;/h2-12H2,1H3,(H,13,14,15);;1H3;1H2. The fourth-order valence-electron chi connectivity index (χ4n) is 1.75. The van der Waals surface area contributed by atoms with Gasteiger partial charge in [0.15, 0.2) is 0 Å². The van der Waals surface area contributed by atoms with Gasteiger partial charge in [-0.1, -0.05) is 64.7 Å². The Morgan fingerprint density at radius 2 is 1.20 bits per heavy atom. The van der Waals surface area contributed by atoms with Crippen LogP contribution in [0, 0.1) is 0 Å². The van der Waals surface area contributed by atoms with Crippen molar-refractivity contribution in [1.82, 2.24) is 6.15 Å². The molecule has 0 aliphatic rings. The molecule has 0 aromatic rings. The molecule has 0 spiro atoms. The van der Waals surface area contributed by atoms with Crippen molar-refractivity contribution in [3.05, 3.63) is 0 Å². The molecule has 0 aromatic heterocycles. The Morgan fingerprint density at radius 1 is 0.850 bits per heavy atom. The van der Waals surface area contributed by atoms with E-state index in [0.717, 1.165) is 12.8 Å². The summed E-state index contributed by atoms with van der Waals surface area (Å²) in [5.41, 5.74) is 0. The van der Waals surface area contributed by atoms with Crippen LogP contribution in [0.5, 0.6) is 0 Å². The highest BCUT2D eigenvalue weighted by Crippen LogP contribution is 2.10. The van der Waals surface area contributed by atoms with Gasteiger partial charge in [-0.25, -0.2) is 4.18 Å². The summed E-state index contributed by atoms with van der Waals surface area (Å²) in [4.78, 5) is 0. The van der Waals surface area contributed by atoms with Gasteiger partial charge >= 0.3 is 10.4 Å². The number of hydrogen-bond acceptors (Lipinski definition) is 4. The first-order valence-electron chi connectivity index (χ1n) is 6.68. The first-order chi connectivity index (χ1) is 8.06. The Bertz CT molecular complexity index is 263. The van der Waals surface area contributed by atoms with Crippen LogP contribution in [0.15, 0.2) is 0 Å². The van der Waals surface area contributed by atoms with E-state index in [0.29, 0.717) is 6.42 Å². The Morgan fingerprint density at radius 3 is 1.55 bits per heavy atom. The van der Waals surface area contributed by atoms with Crippen molar-refractivity contribution in [2.24, 2.45) is 0 Å². The molecule has 0 rings (SSSR count). The Labute approximate surface area is 134 Å². The molecule has 0 aliphatic carbocycles. The third-order valence-electron chi connectivity index (χ3n) is 2.73. The summed E-state index contributed by atoms with van der Waals surface area (Å²) < 4.78 is 33.0. The van der Waals surface area contributed by atoms with Gasteiger partial charge in [0.25, 0.3) is 0 Å². The Kier molecular flexibility index (Phi) is 27.5. The van der Waals surface area contributed by atoms with Crippen molar-refractivity contribution in [3.8, 4) is 0 Å². The molecule has 8 heteroatoms. The first kappa shape index (κ1) is 28.5. The molecular formula is C12H31AlNO5S. The molecule has 0 fully saturated rings. The molecule has 0 unspecified atom stereocenters. The normalized spacial score (nSPS) is 10.1. The summed E-state index contributed by atoms with van der Waals surface area (Å²) in [7, 11) is -4.23. The second-order valence-corrected chi connectivity index (χ2v) is 5.52. The molecule has 0 heterocycles. The zero-order chi connectivity index (χ0) is 13.0. The van der Waals surface area contributed by atoms with Crippen molar-refractivity contribution < 1.29 is 22.6 Å². The van der Waals surface area contributed by atoms with E-state index in [-0.39, 0.29) is 35.6 Å². The zero-order valence-corrected chi connectivity index (χ0v) is 14.6. The summed E-state index contributed by atoms with van der Waals surface area (Å²) in [6.45, 7) is 2.31. The van der Waals surface area contributed by atoms with Crippen LogP contribution >= 0.6 is 0 Å². The smallest absolute Gasteiger partial charge is 0.397 e. The van der Waals surface area contributed by atoms with Crippen molar-refractivity contribution in [3.63, 3.8) is 0 Å². The highest BCUT2D eigenvalue weighted by Gasteiger charge is 2.02. The van der Waals surface area contributed by atoms with E-state index in [1.807, 2.05) is 0 Å². The van der Waals surface area contributed by atoms with E-state index in [9.17, 15) is 8.42 Å². The van der Waals surface area contributed by atoms with Crippen LogP contribution in [-0.2, 0) is 14.6 Å². The molecule has 6 N–H and O–H groups in total. The average Bonchev–Trinajstić information content (AvgIpc) is 2.24. The van der Waals surface area contributed by atoms with E-state index >= 15 is 0 Å². The van der Waals surface area contributed by atoms with Crippen molar-refractivity contribution >= 4 is 27.8 Å². The van der Waals surface area contributed by atoms with Crippen LogP contribution in [0.3, 0.4) is 0 Å². The molecule has 0 aliphatic heterocycles. The van der Waals surface area contributed by atoms with Gasteiger partial charge in [0.1, 0.15) is 0 Å². The maximum atomic E-state index is 10.2. The van der Waals surface area contributed by atoms with Crippen LogP contribution in [-0.4, -0.2) is 42.4 Å². The monoisotopic (exact) mass is 328 g/mol. The van der Waals surface area contributed by atoms with Gasteiger partial charge in [-0.15, -0.1) is 0 Å². The van der Waals surface area contributed by atoms with E-state index < -0.39 is 10.4 Å². The van der Waals surface area contributed by atoms with Gasteiger partial charge < -0.3 is 11.6 Å². The predicted molar refractivity (Wildman–Crippen MR) is 83.7 cm³/mol. The van der Waals surface area contributed by atoms with E-state index in [1.54, 1.807) is 0 Å². The zero-order valence-electron chi connectivity index (χ0n) is 12.6. The second-order valence-electron chi connectivity index (χ2n) is 4.43. The quantitative estimate of drug-likeness (QED) is 0.323. The molecule has 6 nitrogen and oxygen atoms in total. The Hall–Kier alpha value is 0.322. The highest BCUT2D eigenvalue weighted by atomic mass is 32.3. The Balaban J connectivity index is -0.000000427. The molecular weight excluding hydrogens is 297 g/mol. The summed E-state index contributed by atoms with van der Waals surface area (Å²) in [5, 5.41) is 0. The number of rotatable bonds is 12. The lowest BCUT2D eigenvalue weighted by molar-refractivity contribution is 0.261. The van der Waals surface area contributed by atoms with Gasteiger partial charge in [-0.2, -0.15) is 8.42 Å². The SMILES string of the molecule is CCCCCCCCCCCCOS(=O)(=O)O.N.O.[Al].